The van der Waals surface area contributed by atoms with Crippen LogP contribution >= 0.6 is 0 Å². The van der Waals surface area contributed by atoms with Gasteiger partial charge in [0.1, 0.15) is 5.67 Å². The van der Waals surface area contributed by atoms with Crippen LogP contribution < -0.4 is 0 Å². The number of nitrogens with zero attached hydrogens (tertiary/aromatic N) is 1. The third-order valence-corrected chi connectivity index (χ3v) is 3.04. The van der Waals surface area contributed by atoms with Crippen LogP contribution in [-0.2, 0) is 11.3 Å². The number of ether oxygens (including phenoxy) is 1. The van der Waals surface area contributed by atoms with Crippen LogP contribution in [0.1, 0.15) is 12.0 Å². The fourth-order valence-corrected chi connectivity index (χ4v) is 2.27. The summed E-state index contributed by atoms with van der Waals surface area (Å²) in [6.45, 7) is 2.33. The van der Waals surface area contributed by atoms with Gasteiger partial charge in [0.25, 0.3) is 0 Å². The Morgan fingerprint density at radius 1 is 1.38 bits per heavy atom. The number of methoxy groups -OCH3 is 1. The highest BCUT2D eigenvalue weighted by Gasteiger charge is 2.38. The molecule has 16 heavy (non-hydrogen) atoms. The average Bonchev–Trinajstić information content (AvgIpc) is 2.62. The summed E-state index contributed by atoms with van der Waals surface area (Å²) in [6.07, 6.45) is 0.577. The first-order valence-electron chi connectivity index (χ1n) is 5.66. The molecule has 1 aliphatic heterocycles. The van der Waals surface area contributed by atoms with Crippen LogP contribution in [0.5, 0.6) is 0 Å². The molecule has 0 aromatic heterocycles. The molecule has 1 unspecified atom stereocenters. The van der Waals surface area contributed by atoms with E-state index in [1.54, 1.807) is 7.11 Å². The molecule has 1 saturated heterocycles. The summed E-state index contributed by atoms with van der Waals surface area (Å²) >= 11 is 0. The van der Waals surface area contributed by atoms with E-state index in [4.69, 9.17) is 4.74 Å². The molecule has 1 fully saturated rings. The summed E-state index contributed by atoms with van der Waals surface area (Å²) in [5, 5.41) is 0. The molecule has 0 N–H and O–H groups in total. The van der Waals surface area contributed by atoms with E-state index in [1.165, 1.54) is 5.56 Å². The van der Waals surface area contributed by atoms with E-state index in [2.05, 4.69) is 17.0 Å². The smallest absolute Gasteiger partial charge is 0.148 e. The van der Waals surface area contributed by atoms with E-state index in [0.717, 1.165) is 13.1 Å². The number of hydrogen-bond acceptors (Lipinski definition) is 2. The lowest BCUT2D eigenvalue weighted by atomic mass is 10.1. The number of benzene rings is 1. The number of likely N-dealkylation sites (tertiary alicyclic amines) is 1. The van der Waals surface area contributed by atoms with Crippen molar-refractivity contribution in [3.05, 3.63) is 35.9 Å². The van der Waals surface area contributed by atoms with Gasteiger partial charge in [-0.15, -0.1) is 0 Å². The van der Waals surface area contributed by atoms with E-state index in [9.17, 15) is 4.39 Å². The van der Waals surface area contributed by atoms with E-state index in [0.29, 0.717) is 13.0 Å². The standard InChI is InChI=1S/C13H18FNO/c1-16-11-13(14)7-8-15(10-13)9-12-5-3-2-4-6-12/h2-6H,7-11H2,1H3. The highest BCUT2D eigenvalue weighted by atomic mass is 19.1. The largest absolute Gasteiger partial charge is 0.381 e. The van der Waals surface area contributed by atoms with Gasteiger partial charge >= 0.3 is 0 Å². The van der Waals surface area contributed by atoms with Crippen molar-refractivity contribution in [3.8, 4) is 0 Å². The molecule has 3 heteroatoms. The molecule has 1 aromatic rings. The zero-order chi connectivity index (χ0) is 11.4. The first kappa shape index (κ1) is 11.6. The van der Waals surface area contributed by atoms with Gasteiger partial charge in [-0.2, -0.15) is 0 Å². The van der Waals surface area contributed by atoms with E-state index >= 15 is 0 Å². The maximum absolute atomic E-state index is 14.1. The van der Waals surface area contributed by atoms with Gasteiger partial charge in [0.05, 0.1) is 6.61 Å². The molecule has 1 heterocycles. The molecule has 0 amide bonds. The summed E-state index contributed by atoms with van der Waals surface area (Å²) in [5.74, 6) is 0. The molecule has 1 aliphatic rings. The molecule has 0 bridgehead atoms. The van der Waals surface area contributed by atoms with Gasteiger partial charge in [-0.25, -0.2) is 4.39 Å². The summed E-state index contributed by atoms with van der Waals surface area (Å²) in [7, 11) is 1.56. The highest BCUT2D eigenvalue weighted by molar-refractivity contribution is 5.14. The van der Waals surface area contributed by atoms with Crippen LogP contribution in [0.25, 0.3) is 0 Å². The molecular formula is C13H18FNO. The number of halogens is 1. The first-order valence-corrected chi connectivity index (χ1v) is 5.66. The van der Waals surface area contributed by atoms with Crippen molar-refractivity contribution in [1.29, 1.82) is 0 Å². The van der Waals surface area contributed by atoms with Crippen molar-refractivity contribution in [1.82, 2.24) is 4.90 Å². The Bertz CT molecular complexity index is 330. The van der Waals surface area contributed by atoms with Gasteiger partial charge in [-0.3, -0.25) is 4.90 Å². The third-order valence-electron chi connectivity index (χ3n) is 3.04. The Hall–Kier alpha value is -0.930. The van der Waals surface area contributed by atoms with Crippen LogP contribution in [0.2, 0.25) is 0 Å². The second-order valence-electron chi connectivity index (χ2n) is 4.53. The van der Waals surface area contributed by atoms with Gasteiger partial charge in [0.2, 0.25) is 0 Å². The lowest BCUT2D eigenvalue weighted by Crippen LogP contribution is -2.33. The topological polar surface area (TPSA) is 12.5 Å². The normalized spacial score (nSPS) is 26.1. The minimum Gasteiger partial charge on any atom is -0.381 e. The predicted molar refractivity (Wildman–Crippen MR) is 62.1 cm³/mol. The van der Waals surface area contributed by atoms with Crippen LogP contribution in [-0.4, -0.2) is 37.4 Å². The minimum absolute atomic E-state index is 0.207. The van der Waals surface area contributed by atoms with Crippen LogP contribution in [0.3, 0.4) is 0 Å². The maximum Gasteiger partial charge on any atom is 0.148 e. The summed E-state index contributed by atoms with van der Waals surface area (Å²) in [4.78, 5) is 2.15. The van der Waals surface area contributed by atoms with Gasteiger partial charge in [-0.1, -0.05) is 30.3 Å². The van der Waals surface area contributed by atoms with E-state index in [-0.39, 0.29) is 6.61 Å². The van der Waals surface area contributed by atoms with Crippen LogP contribution in [0, 0.1) is 0 Å². The zero-order valence-electron chi connectivity index (χ0n) is 9.66. The van der Waals surface area contributed by atoms with Crippen molar-refractivity contribution >= 4 is 0 Å². The van der Waals surface area contributed by atoms with E-state index in [1.807, 2.05) is 18.2 Å². The quantitative estimate of drug-likeness (QED) is 0.776. The minimum atomic E-state index is -1.15. The molecule has 0 radical (unpaired) electrons. The highest BCUT2D eigenvalue weighted by Crippen LogP contribution is 2.26. The Labute approximate surface area is 96.0 Å². The molecule has 0 aliphatic carbocycles. The predicted octanol–water partition coefficient (Wildman–Crippen LogP) is 2.25. The summed E-state index contributed by atoms with van der Waals surface area (Å²) < 4.78 is 19.0. The van der Waals surface area contributed by atoms with Crippen molar-refractivity contribution in [2.24, 2.45) is 0 Å². The Kier molecular flexibility index (Phi) is 3.56. The average molecular weight is 223 g/mol. The SMILES string of the molecule is COCC1(F)CCN(Cc2ccccc2)C1. The first-order chi connectivity index (χ1) is 7.72. The molecule has 0 spiro atoms. The zero-order valence-corrected chi connectivity index (χ0v) is 9.66. The second kappa shape index (κ2) is 4.93. The van der Waals surface area contributed by atoms with Crippen LogP contribution in [0.15, 0.2) is 30.3 Å². The van der Waals surface area contributed by atoms with Gasteiger partial charge in [0.15, 0.2) is 0 Å². The molecule has 1 aromatic carbocycles. The molecule has 88 valence electrons. The van der Waals surface area contributed by atoms with E-state index < -0.39 is 5.67 Å². The van der Waals surface area contributed by atoms with Crippen molar-refractivity contribution in [2.75, 3.05) is 26.8 Å². The molecule has 2 nitrogen and oxygen atoms in total. The van der Waals surface area contributed by atoms with Crippen LogP contribution in [0.4, 0.5) is 4.39 Å². The van der Waals surface area contributed by atoms with Crippen molar-refractivity contribution in [3.63, 3.8) is 0 Å². The van der Waals surface area contributed by atoms with Crippen molar-refractivity contribution in [2.45, 2.75) is 18.6 Å². The molecule has 2 rings (SSSR count). The Morgan fingerprint density at radius 3 is 2.81 bits per heavy atom. The van der Waals surface area contributed by atoms with Gasteiger partial charge in [-0.05, 0) is 12.0 Å². The Morgan fingerprint density at radius 2 is 2.12 bits per heavy atom. The van der Waals surface area contributed by atoms with Gasteiger partial charge in [0, 0.05) is 26.7 Å². The monoisotopic (exact) mass is 223 g/mol. The maximum atomic E-state index is 14.1. The van der Waals surface area contributed by atoms with Crippen molar-refractivity contribution < 1.29 is 9.13 Å². The number of rotatable bonds is 4. The molecule has 0 saturated carbocycles. The number of hydrogen-bond donors (Lipinski definition) is 0. The lowest BCUT2D eigenvalue weighted by molar-refractivity contribution is 0.0467. The lowest BCUT2D eigenvalue weighted by Gasteiger charge is -2.20. The van der Waals surface area contributed by atoms with Gasteiger partial charge < -0.3 is 4.74 Å². The second-order valence-corrected chi connectivity index (χ2v) is 4.53. The fourth-order valence-electron chi connectivity index (χ4n) is 2.27. The molecular weight excluding hydrogens is 205 g/mol. The fraction of sp³-hybridized carbons (Fsp3) is 0.538. The molecule has 1 atom stereocenters. The number of alkyl halides is 1. The Balaban J connectivity index is 1.90. The summed E-state index contributed by atoms with van der Waals surface area (Å²) in [5.41, 5.74) is 0.0907. The third kappa shape index (κ3) is 2.80. The summed E-state index contributed by atoms with van der Waals surface area (Å²) in [6, 6.07) is 10.2.